The lowest BCUT2D eigenvalue weighted by Crippen LogP contribution is -2.35. The number of hydrogen-bond donors (Lipinski definition) is 1. The third-order valence-electron chi connectivity index (χ3n) is 5.63. The predicted molar refractivity (Wildman–Crippen MR) is 113 cm³/mol. The first-order valence-corrected chi connectivity index (χ1v) is 11.9. The van der Waals surface area contributed by atoms with Gasteiger partial charge in [0, 0.05) is 37.2 Å². The Hall–Kier alpha value is -2.16. The van der Waals surface area contributed by atoms with E-state index in [1.54, 1.807) is 13.0 Å². The molecule has 30 heavy (non-hydrogen) atoms. The van der Waals surface area contributed by atoms with Crippen molar-refractivity contribution in [1.29, 1.82) is 0 Å². The van der Waals surface area contributed by atoms with Gasteiger partial charge >= 0.3 is 0 Å². The molecule has 1 saturated heterocycles. The highest BCUT2D eigenvalue weighted by molar-refractivity contribution is 7.89. The second-order valence-electron chi connectivity index (χ2n) is 7.70. The van der Waals surface area contributed by atoms with E-state index in [4.69, 9.17) is 16.0 Å². The number of aryl methyl sites for hydroxylation is 1. The monoisotopic (exact) mass is 450 g/mol. The Balaban J connectivity index is 1.61. The molecule has 0 bridgehead atoms. The van der Waals surface area contributed by atoms with Crippen LogP contribution in [0.1, 0.15) is 64.3 Å². The lowest BCUT2D eigenvalue weighted by molar-refractivity contribution is 0.0963. The largest absolute Gasteiger partial charge is 0.455 e. The van der Waals surface area contributed by atoms with Crippen LogP contribution < -0.4 is 5.32 Å². The van der Waals surface area contributed by atoms with E-state index >= 15 is 0 Å². The first kappa shape index (κ1) is 21.1. The fraction of sp³-hybridized carbons (Fsp3) is 0.429. The number of benzene rings is 1. The second-order valence-corrected chi connectivity index (χ2v) is 10.0. The molecule has 1 aliphatic carbocycles. The number of sulfonamides is 1. The number of ketones is 1. The Labute approximate surface area is 180 Å². The average molecular weight is 451 g/mol. The molecule has 1 amide bonds. The SMILES string of the molecule is Cc1c(C(=O)Nc2ccc(Cl)c(S(=O)(=O)N3CCCCC3)c2)oc2c1C(=O)CCC2. The fourth-order valence-corrected chi connectivity index (χ4v) is 6.09. The lowest BCUT2D eigenvalue weighted by atomic mass is 9.94. The Morgan fingerprint density at radius 1 is 1.13 bits per heavy atom. The summed E-state index contributed by atoms with van der Waals surface area (Å²) in [7, 11) is -3.75. The number of fused-ring (bicyclic) bond motifs is 1. The van der Waals surface area contributed by atoms with Crippen molar-refractivity contribution in [1.82, 2.24) is 4.31 Å². The first-order valence-electron chi connectivity index (χ1n) is 10.1. The van der Waals surface area contributed by atoms with Crippen LogP contribution in [0.2, 0.25) is 5.02 Å². The molecule has 1 aromatic heterocycles. The molecule has 1 N–H and O–H groups in total. The van der Waals surface area contributed by atoms with Crippen LogP contribution in [0.5, 0.6) is 0 Å². The van der Waals surface area contributed by atoms with Crippen molar-refractivity contribution in [3.8, 4) is 0 Å². The third-order valence-corrected chi connectivity index (χ3v) is 8.01. The maximum Gasteiger partial charge on any atom is 0.291 e. The zero-order chi connectivity index (χ0) is 21.5. The van der Waals surface area contributed by atoms with Crippen molar-refractivity contribution in [2.45, 2.75) is 50.3 Å². The maximum atomic E-state index is 13.0. The summed E-state index contributed by atoms with van der Waals surface area (Å²) in [6.45, 7) is 2.61. The minimum absolute atomic E-state index is 0.0158. The minimum Gasteiger partial charge on any atom is -0.455 e. The molecule has 1 fully saturated rings. The van der Waals surface area contributed by atoms with Gasteiger partial charge in [-0.15, -0.1) is 0 Å². The first-order chi connectivity index (χ1) is 14.3. The van der Waals surface area contributed by atoms with E-state index in [1.807, 2.05) is 0 Å². The molecule has 2 aliphatic rings. The number of furan rings is 1. The lowest BCUT2D eigenvalue weighted by Gasteiger charge is -2.26. The molecule has 0 saturated carbocycles. The summed E-state index contributed by atoms with van der Waals surface area (Å²) in [5.41, 5.74) is 1.30. The number of hydrogen-bond acceptors (Lipinski definition) is 5. The molecule has 1 aliphatic heterocycles. The van der Waals surface area contributed by atoms with Gasteiger partial charge in [0.15, 0.2) is 11.5 Å². The zero-order valence-electron chi connectivity index (χ0n) is 16.7. The van der Waals surface area contributed by atoms with Crippen LogP contribution in [0, 0.1) is 6.92 Å². The second kappa shape index (κ2) is 8.17. The van der Waals surface area contributed by atoms with Crippen LogP contribution in [0.4, 0.5) is 5.69 Å². The van der Waals surface area contributed by atoms with Gasteiger partial charge in [-0.1, -0.05) is 18.0 Å². The molecule has 9 heteroatoms. The summed E-state index contributed by atoms with van der Waals surface area (Å²) in [6.07, 6.45) is 4.40. The van der Waals surface area contributed by atoms with Crippen molar-refractivity contribution in [3.05, 3.63) is 45.9 Å². The molecule has 0 unspecified atom stereocenters. The number of nitrogens with zero attached hydrogens (tertiary/aromatic N) is 1. The van der Waals surface area contributed by atoms with Crippen LogP contribution in [-0.2, 0) is 16.4 Å². The number of carbonyl (C=O) groups is 2. The average Bonchev–Trinajstić information content (AvgIpc) is 3.08. The van der Waals surface area contributed by atoms with Crippen LogP contribution in [0.3, 0.4) is 0 Å². The highest BCUT2D eigenvalue weighted by Gasteiger charge is 2.30. The molecule has 4 rings (SSSR count). The fourth-order valence-electron chi connectivity index (χ4n) is 4.08. The molecule has 1 aromatic carbocycles. The highest BCUT2D eigenvalue weighted by atomic mass is 35.5. The molecule has 2 aromatic rings. The standard InChI is InChI=1S/C21H23ClN2O5S/c1-13-19-16(25)6-5-7-17(19)29-20(13)21(26)23-14-8-9-15(22)18(12-14)30(27,28)24-10-3-2-4-11-24/h8-9,12H,2-7,10-11H2,1H3,(H,23,26). The number of nitrogens with one attached hydrogen (secondary N) is 1. The number of Topliss-reactive ketones (excluding diaryl/α,β-unsaturated/α-hetero) is 1. The summed E-state index contributed by atoms with van der Waals surface area (Å²) in [6, 6.07) is 4.36. The maximum absolute atomic E-state index is 13.0. The Kier molecular flexibility index (Phi) is 5.74. The molecule has 0 spiro atoms. The van der Waals surface area contributed by atoms with Gasteiger partial charge < -0.3 is 9.73 Å². The molecule has 2 heterocycles. The smallest absolute Gasteiger partial charge is 0.291 e. The quantitative estimate of drug-likeness (QED) is 0.753. The summed E-state index contributed by atoms with van der Waals surface area (Å²) in [5, 5.41) is 2.79. The number of rotatable bonds is 4. The summed E-state index contributed by atoms with van der Waals surface area (Å²) < 4.78 is 33.1. The molecule has 0 radical (unpaired) electrons. The summed E-state index contributed by atoms with van der Waals surface area (Å²) in [4.78, 5) is 24.9. The predicted octanol–water partition coefficient (Wildman–Crippen LogP) is 4.19. The van der Waals surface area contributed by atoms with Gasteiger partial charge in [0.2, 0.25) is 10.0 Å². The van der Waals surface area contributed by atoms with Gasteiger partial charge in [-0.3, -0.25) is 9.59 Å². The van der Waals surface area contributed by atoms with Crippen molar-refractivity contribution in [2.24, 2.45) is 0 Å². The number of piperidine rings is 1. The third kappa shape index (κ3) is 3.79. The molecule has 160 valence electrons. The van der Waals surface area contributed by atoms with E-state index in [2.05, 4.69) is 5.32 Å². The molecular formula is C21H23ClN2O5S. The Morgan fingerprint density at radius 3 is 2.57 bits per heavy atom. The van der Waals surface area contributed by atoms with Gasteiger partial charge in [0.1, 0.15) is 10.7 Å². The van der Waals surface area contributed by atoms with Gasteiger partial charge in [-0.2, -0.15) is 4.31 Å². The summed E-state index contributed by atoms with van der Waals surface area (Å²) >= 11 is 6.19. The summed E-state index contributed by atoms with van der Waals surface area (Å²) in [5.74, 6) is 0.0697. The van der Waals surface area contributed by atoms with Gasteiger partial charge in [-0.05, 0) is 44.4 Å². The molecule has 7 nitrogen and oxygen atoms in total. The molecule has 0 atom stereocenters. The van der Waals surface area contributed by atoms with Crippen molar-refractivity contribution in [3.63, 3.8) is 0 Å². The minimum atomic E-state index is -3.75. The van der Waals surface area contributed by atoms with Crippen molar-refractivity contribution >= 4 is 39.0 Å². The van der Waals surface area contributed by atoms with Crippen LogP contribution >= 0.6 is 11.6 Å². The normalized spacial score (nSPS) is 17.6. The van der Waals surface area contributed by atoms with Gasteiger partial charge in [0.05, 0.1) is 10.6 Å². The van der Waals surface area contributed by atoms with Crippen molar-refractivity contribution in [2.75, 3.05) is 18.4 Å². The number of anilines is 1. The van der Waals surface area contributed by atoms with Crippen LogP contribution in [0.25, 0.3) is 0 Å². The topological polar surface area (TPSA) is 96.7 Å². The number of halogens is 1. The van der Waals surface area contributed by atoms with E-state index in [9.17, 15) is 18.0 Å². The highest BCUT2D eigenvalue weighted by Crippen LogP contribution is 2.32. The van der Waals surface area contributed by atoms with Gasteiger partial charge in [-0.25, -0.2) is 8.42 Å². The van der Waals surface area contributed by atoms with E-state index in [1.165, 1.54) is 16.4 Å². The number of amides is 1. The van der Waals surface area contributed by atoms with Crippen LogP contribution in [-0.4, -0.2) is 37.5 Å². The zero-order valence-corrected chi connectivity index (χ0v) is 18.2. The number of carbonyl (C=O) groups excluding carboxylic acids is 2. The van der Waals surface area contributed by atoms with E-state index in [-0.39, 0.29) is 21.5 Å². The van der Waals surface area contributed by atoms with Crippen LogP contribution in [0.15, 0.2) is 27.5 Å². The molecular weight excluding hydrogens is 428 g/mol. The van der Waals surface area contributed by atoms with E-state index in [0.29, 0.717) is 54.9 Å². The van der Waals surface area contributed by atoms with E-state index in [0.717, 1.165) is 19.3 Å². The van der Waals surface area contributed by atoms with E-state index < -0.39 is 15.9 Å². The Morgan fingerprint density at radius 2 is 1.87 bits per heavy atom. The van der Waals surface area contributed by atoms with Gasteiger partial charge in [0.25, 0.3) is 5.91 Å². The van der Waals surface area contributed by atoms with Crippen molar-refractivity contribution < 1.29 is 22.4 Å². The Bertz CT molecular complexity index is 1120.